The quantitative estimate of drug-likeness (QED) is 0.829. The number of benzene rings is 1. The van der Waals surface area contributed by atoms with Crippen molar-refractivity contribution >= 4 is 27.5 Å². The lowest BCUT2D eigenvalue weighted by Gasteiger charge is -2.08. The Morgan fingerprint density at radius 2 is 2.12 bits per heavy atom. The molecule has 0 bridgehead atoms. The van der Waals surface area contributed by atoms with Gasteiger partial charge in [0.1, 0.15) is 11.7 Å². The van der Waals surface area contributed by atoms with Crippen LogP contribution in [0.5, 0.6) is 0 Å². The third-order valence-electron chi connectivity index (χ3n) is 2.58. The fourth-order valence-corrected chi connectivity index (χ4v) is 1.96. The Morgan fingerprint density at radius 1 is 1.25 bits per heavy atom. The molecule has 1 heterocycles. The predicted molar refractivity (Wildman–Crippen MR) is 68.5 cm³/mol. The molecule has 0 atom stereocenters. The average molecular weight is 285 g/mol. The van der Waals surface area contributed by atoms with Gasteiger partial charge < -0.3 is 5.32 Å². The molecule has 1 aliphatic rings. The summed E-state index contributed by atoms with van der Waals surface area (Å²) in [5, 5.41) is 3.18. The molecule has 1 aliphatic heterocycles. The van der Waals surface area contributed by atoms with E-state index in [0.717, 1.165) is 37.3 Å². The molecular formula is C12H14BrFN2. The summed E-state index contributed by atoms with van der Waals surface area (Å²) in [5.74, 6) is 0.721. The summed E-state index contributed by atoms with van der Waals surface area (Å²) in [5.41, 5.74) is 0.765. The van der Waals surface area contributed by atoms with Gasteiger partial charge in [-0.05, 0) is 47.0 Å². The Bertz CT molecular complexity index is 404. The third-order valence-corrected chi connectivity index (χ3v) is 3.23. The van der Waals surface area contributed by atoms with Crippen molar-refractivity contribution in [2.75, 3.05) is 11.9 Å². The summed E-state index contributed by atoms with van der Waals surface area (Å²) < 4.78 is 13.8. The van der Waals surface area contributed by atoms with Gasteiger partial charge in [-0.25, -0.2) is 4.39 Å². The summed E-state index contributed by atoms with van der Waals surface area (Å²) in [6.45, 7) is 0.876. The van der Waals surface area contributed by atoms with Crippen molar-refractivity contribution in [3.8, 4) is 0 Å². The molecule has 0 spiro atoms. The van der Waals surface area contributed by atoms with Gasteiger partial charge in [0.15, 0.2) is 0 Å². The van der Waals surface area contributed by atoms with Crippen molar-refractivity contribution in [2.24, 2.45) is 4.99 Å². The second-order valence-electron chi connectivity index (χ2n) is 3.89. The van der Waals surface area contributed by atoms with E-state index in [-0.39, 0.29) is 5.82 Å². The molecule has 86 valence electrons. The Kier molecular flexibility index (Phi) is 3.93. The van der Waals surface area contributed by atoms with Crippen molar-refractivity contribution < 1.29 is 4.39 Å². The molecule has 1 N–H and O–H groups in total. The molecule has 0 radical (unpaired) electrons. The van der Waals surface area contributed by atoms with Crippen LogP contribution in [-0.4, -0.2) is 12.4 Å². The van der Waals surface area contributed by atoms with Gasteiger partial charge in [0.05, 0.1) is 4.47 Å². The fourth-order valence-electron chi connectivity index (χ4n) is 1.72. The normalized spacial score (nSPS) is 16.5. The zero-order valence-corrected chi connectivity index (χ0v) is 10.6. The first-order valence-electron chi connectivity index (χ1n) is 5.51. The predicted octanol–water partition coefficient (Wildman–Crippen LogP) is 3.97. The first-order valence-corrected chi connectivity index (χ1v) is 6.30. The number of anilines is 1. The fraction of sp³-hybridized carbons (Fsp3) is 0.417. The lowest BCUT2D eigenvalue weighted by Crippen LogP contribution is -2.11. The van der Waals surface area contributed by atoms with E-state index in [1.54, 1.807) is 6.07 Å². The minimum absolute atomic E-state index is 0.251. The van der Waals surface area contributed by atoms with E-state index in [2.05, 4.69) is 26.2 Å². The van der Waals surface area contributed by atoms with E-state index in [4.69, 9.17) is 0 Å². The first kappa shape index (κ1) is 11.6. The second-order valence-corrected chi connectivity index (χ2v) is 4.75. The van der Waals surface area contributed by atoms with Gasteiger partial charge in [-0.2, -0.15) is 0 Å². The van der Waals surface area contributed by atoms with Crippen LogP contribution in [0.15, 0.2) is 27.7 Å². The number of amidine groups is 1. The number of halogens is 2. The highest BCUT2D eigenvalue weighted by molar-refractivity contribution is 9.10. The smallest absolute Gasteiger partial charge is 0.139 e. The van der Waals surface area contributed by atoms with Crippen LogP contribution < -0.4 is 5.32 Å². The van der Waals surface area contributed by atoms with Crippen LogP contribution in [0.25, 0.3) is 0 Å². The molecule has 0 fully saturated rings. The first-order chi connectivity index (χ1) is 7.75. The number of hydrogen-bond acceptors (Lipinski definition) is 2. The highest BCUT2D eigenvalue weighted by Crippen LogP contribution is 2.20. The molecule has 0 aromatic heterocycles. The van der Waals surface area contributed by atoms with Crippen LogP contribution in [0.1, 0.15) is 25.7 Å². The summed E-state index contributed by atoms with van der Waals surface area (Å²) >= 11 is 3.13. The van der Waals surface area contributed by atoms with Gasteiger partial charge in [-0.15, -0.1) is 0 Å². The number of nitrogens with one attached hydrogen (secondary N) is 1. The lowest BCUT2D eigenvalue weighted by atomic mass is 10.2. The van der Waals surface area contributed by atoms with Gasteiger partial charge >= 0.3 is 0 Å². The maximum absolute atomic E-state index is 13.3. The Hall–Kier alpha value is -0.900. The molecule has 1 aromatic carbocycles. The van der Waals surface area contributed by atoms with Crippen LogP contribution in [0.3, 0.4) is 0 Å². The van der Waals surface area contributed by atoms with Crippen molar-refractivity contribution in [2.45, 2.75) is 25.7 Å². The van der Waals surface area contributed by atoms with E-state index in [1.807, 2.05) is 6.07 Å². The molecule has 1 aromatic rings. The largest absolute Gasteiger partial charge is 0.344 e. The van der Waals surface area contributed by atoms with Gasteiger partial charge in [0.25, 0.3) is 0 Å². The van der Waals surface area contributed by atoms with Crippen molar-refractivity contribution in [3.05, 3.63) is 28.5 Å². The van der Waals surface area contributed by atoms with Gasteiger partial charge in [0.2, 0.25) is 0 Å². The Labute approximate surface area is 103 Å². The summed E-state index contributed by atoms with van der Waals surface area (Å²) in [6.07, 6.45) is 4.49. The highest BCUT2D eigenvalue weighted by Gasteiger charge is 2.06. The van der Waals surface area contributed by atoms with Crippen LogP contribution in [0.4, 0.5) is 10.1 Å². The Morgan fingerprint density at radius 3 is 2.94 bits per heavy atom. The van der Waals surface area contributed by atoms with Gasteiger partial charge in [0, 0.05) is 18.7 Å². The van der Waals surface area contributed by atoms with Crippen LogP contribution in [-0.2, 0) is 0 Å². The third kappa shape index (κ3) is 3.04. The maximum Gasteiger partial charge on any atom is 0.139 e. The molecule has 16 heavy (non-hydrogen) atoms. The minimum Gasteiger partial charge on any atom is -0.344 e. The molecule has 0 unspecified atom stereocenters. The molecule has 0 saturated heterocycles. The summed E-state index contributed by atoms with van der Waals surface area (Å²) in [7, 11) is 0. The number of hydrogen-bond donors (Lipinski definition) is 1. The number of rotatable bonds is 1. The zero-order valence-electron chi connectivity index (χ0n) is 8.97. The lowest BCUT2D eigenvalue weighted by molar-refractivity contribution is 0.622. The van der Waals surface area contributed by atoms with E-state index in [0.29, 0.717) is 4.47 Å². The van der Waals surface area contributed by atoms with Crippen LogP contribution >= 0.6 is 15.9 Å². The molecule has 0 saturated carbocycles. The number of nitrogens with zero attached hydrogens (tertiary/aromatic N) is 1. The molecule has 4 heteroatoms. The molecule has 0 amide bonds. The average Bonchev–Trinajstić information content (AvgIpc) is 2.52. The van der Waals surface area contributed by atoms with Crippen molar-refractivity contribution in [1.29, 1.82) is 0 Å². The number of aliphatic imine (C=N–C) groups is 1. The SMILES string of the molecule is Fc1cc(NC2=NCCCCC2)ccc1Br. The molecule has 0 aliphatic carbocycles. The van der Waals surface area contributed by atoms with Gasteiger partial charge in [-0.1, -0.05) is 6.42 Å². The Balaban J connectivity index is 2.07. The minimum atomic E-state index is -0.251. The monoisotopic (exact) mass is 284 g/mol. The van der Waals surface area contributed by atoms with Crippen LogP contribution in [0, 0.1) is 5.82 Å². The summed E-state index contributed by atoms with van der Waals surface area (Å²) in [4.78, 5) is 4.44. The van der Waals surface area contributed by atoms with Gasteiger partial charge in [-0.3, -0.25) is 4.99 Å². The van der Waals surface area contributed by atoms with Crippen molar-refractivity contribution in [1.82, 2.24) is 0 Å². The van der Waals surface area contributed by atoms with E-state index in [9.17, 15) is 4.39 Å². The zero-order chi connectivity index (χ0) is 11.4. The van der Waals surface area contributed by atoms with E-state index in [1.165, 1.54) is 12.5 Å². The maximum atomic E-state index is 13.3. The topological polar surface area (TPSA) is 24.4 Å². The molecule has 2 nitrogen and oxygen atoms in total. The van der Waals surface area contributed by atoms with E-state index < -0.39 is 0 Å². The van der Waals surface area contributed by atoms with Crippen LogP contribution in [0.2, 0.25) is 0 Å². The summed E-state index contributed by atoms with van der Waals surface area (Å²) in [6, 6.07) is 5.03. The van der Waals surface area contributed by atoms with E-state index >= 15 is 0 Å². The molecule has 2 rings (SSSR count). The molecular weight excluding hydrogens is 271 g/mol. The highest BCUT2D eigenvalue weighted by atomic mass is 79.9. The standard InChI is InChI=1S/C12H14BrFN2/c13-10-6-5-9(8-11(10)14)16-12-4-2-1-3-7-15-12/h5-6,8H,1-4,7H2,(H,15,16). The van der Waals surface area contributed by atoms with Crippen molar-refractivity contribution in [3.63, 3.8) is 0 Å². The second kappa shape index (κ2) is 5.43.